The van der Waals surface area contributed by atoms with E-state index in [0.717, 1.165) is 22.8 Å². The van der Waals surface area contributed by atoms with Gasteiger partial charge in [-0.2, -0.15) is 0 Å². The number of likely N-dealkylation sites (N-methyl/N-ethyl adjacent to an activating group) is 1. The maximum Gasteiger partial charge on any atom is 0.228 e. The topological polar surface area (TPSA) is 102 Å². The zero-order valence-electron chi connectivity index (χ0n) is 20.5. The number of ether oxygens (including phenoxy) is 1. The zero-order valence-corrected chi connectivity index (χ0v) is 20.5. The van der Waals surface area contributed by atoms with Crippen LogP contribution < -0.4 is 15.9 Å². The standard InChI is InChI=1S/C27H31N7O/c1-6-7-8-10-20(4)34(5)33-25(19(2)3)31-21-12-14-22(15-13-21)35-26-23(11-9-17-29-26)24-16-18-30-27(28)32-24/h6-19H,4H2,1-3,5H3,(H,31,33)(H2,28,30,32)/b7-6-,10-8-. The molecule has 180 valence electrons. The predicted octanol–water partition coefficient (Wildman–Crippen LogP) is 5.68. The Balaban J connectivity index is 1.75. The largest absolute Gasteiger partial charge is 0.438 e. The molecule has 0 atom stereocenters. The lowest BCUT2D eigenvalue weighted by molar-refractivity contribution is 0.377. The van der Waals surface area contributed by atoms with E-state index in [1.54, 1.807) is 18.5 Å². The fourth-order valence-corrected chi connectivity index (χ4v) is 2.95. The van der Waals surface area contributed by atoms with Crippen LogP contribution >= 0.6 is 0 Å². The van der Waals surface area contributed by atoms with E-state index in [9.17, 15) is 0 Å². The van der Waals surface area contributed by atoms with Gasteiger partial charge in [0.2, 0.25) is 11.8 Å². The van der Waals surface area contributed by atoms with Crippen LogP contribution in [0.4, 0.5) is 11.6 Å². The molecule has 0 saturated heterocycles. The van der Waals surface area contributed by atoms with E-state index in [1.807, 2.05) is 79.7 Å². The van der Waals surface area contributed by atoms with Crippen LogP contribution in [0.3, 0.4) is 0 Å². The number of aromatic nitrogens is 3. The van der Waals surface area contributed by atoms with E-state index in [0.29, 0.717) is 17.3 Å². The van der Waals surface area contributed by atoms with Gasteiger partial charge < -0.3 is 10.5 Å². The molecule has 0 bridgehead atoms. The van der Waals surface area contributed by atoms with E-state index in [-0.39, 0.29) is 11.9 Å². The number of hydrogen-bond acceptors (Lipinski definition) is 7. The molecule has 0 unspecified atom stereocenters. The lowest BCUT2D eigenvalue weighted by atomic mass is 10.2. The van der Waals surface area contributed by atoms with Gasteiger partial charge in [0.25, 0.3) is 0 Å². The molecule has 0 spiro atoms. The summed E-state index contributed by atoms with van der Waals surface area (Å²) in [4.78, 5) is 17.4. The highest BCUT2D eigenvalue weighted by atomic mass is 16.5. The van der Waals surface area contributed by atoms with Gasteiger partial charge in [-0.05, 0) is 55.5 Å². The summed E-state index contributed by atoms with van der Waals surface area (Å²) in [5, 5.41) is 1.85. The Kier molecular flexibility index (Phi) is 8.72. The summed E-state index contributed by atoms with van der Waals surface area (Å²) in [5.41, 5.74) is 12.0. The minimum Gasteiger partial charge on any atom is -0.438 e. The molecule has 0 aliphatic rings. The van der Waals surface area contributed by atoms with Gasteiger partial charge in [-0.3, -0.25) is 10.4 Å². The maximum atomic E-state index is 6.04. The molecule has 0 radical (unpaired) electrons. The van der Waals surface area contributed by atoms with Crippen LogP contribution in [0.5, 0.6) is 11.6 Å². The molecule has 35 heavy (non-hydrogen) atoms. The van der Waals surface area contributed by atoms with Crippen molar-refractivity contribution in [2.75, 3.05) is 12.8 Å². The quantitative estimate of drug-likeness (QED) is 0.180. The van der Waals surface area contributed by atoms with Gasteiger partial charge in [0, 0.05) is 31.1 Å². The van der Waals surface area contributed by atoms with E-state index < -0.39 is 0 Å². The SMILES string of the molecule is C=C(/C=C\C=C/C)N(C)NC(=Nc1ccc(Oc2ncccc2-c2ccnc(N)n2)cc1)C(C)C. The number of nitrogen functional groups attached to an aromatic ring is 1. The lowest BCUT2D eigenvalue weighted by Crippen LogP contribution is -2.40. The average Bonchev–Trinajstić information content (AvgIpc) is 2.85. The van der Waals surface area contributed by atoms with Crippen molar-refractivity contribution in [1.82, 2.24) is 25.4 Å². The number of rotatable bonds is 9. The molecule has 1 aromatic carbocycles. The molecule has 2 aromatic heterocycles. The van der Waals surface area contributed by atoms with Crippen molar-refractivity contribution >= 4 is 17.5 Å². The number of amidine groups is 1. The number of pyridine rings is 1. The van der Waals surface area contributed by atoms with Crippen molar-refractivity contribution in [1.29, 1.82) is 0 Å². The lowest BCUT2D eigenvalue weighted by Gasteiger charge is -2.24. The highest BCUT2D eigenvalue weighted by Crippen LogP contribution is 2.31. The molecule has 3 N–H and O–H groups in total. The summed E-state index contributed by atoms with van der Waals surface area (Å²) in [6, 6.07) is 13.0. The molecule has 2 heterocycles. The Morgan fingerprint density at radius 3 is 2.57 bits per heavy atom. The van der Waals surface area contributed by atoms with Gasteiger partial charge in [0.1, 0.15) is 11.6 Å². The fourth-order valence-electron chi connectivity index (χ4n) is 2.95. The first kappa shape index (κ1) is 25.2. The van der Waals surface area contributed by atoms with Crippen LogP contribution in [0.25, 0.3) is 11.3 Å². The second-order valence-electron chi connectivity index (χ2n) is 7.95. The first-order valence-corrected chi connectivity index (χ1v) is 11.3. The Bertz CT molecular complexity index is 1230. The summed E-state index contributed by atoms with van der Waals surface area (Å²) in [7, 11) is 1.91. The molecule has 0 amide bonds. The molecule has 3 rings (SSSR count). The molecular formula is C27H31N7O. The number of nitrogens with one attached hydrogen (secondary N) is 1. The summed E-state index contributed by atoms with van der Waals surface area (Å²) in [6.45, 7) is 10.2. The highest BCUT2D eigenvalue weighted by molar-refractivity contribution is 5.86. The molecule has 3 aromatic rings. The van der Waals surface area contributed by atoms with Crippen molar-refractivity contribution in [2.45, 2.75) is 20.8 Å². The van der Waals surface area contributed by atoms with E-state index >= 15 is 0 Å². The normalized spacial score (nSPS) is 11.9. The Morgan fingerprint density at radius 1 is 1.11 bits per heavy atom. The summed E-state index contributed by atoms with van der Waals surface area (Å²) in [6.07, 6.45) is 11.1. The number of anilines is 1. The van der Waals surface area contributed by atoms with Gasteiger partial charge in [-0.15, -0.1) is 0 Å². The second-order valence-corrected chi connectivity index (χ2v) is 7.95. The zero-order chi connectivity index (χ0) is 25.2. The first-order valence-electron chi connectivity index (χ1n) is 11.3. The number of aliphatic imine (C=N–C) groups is 1. The Hall–Kier alpha value is -4.46. The van der Waals surface area contributed by atoms with E-state index in [4.69, 9.17) is 15.5 Å². The van der Waals surface area contributed by atoms with E-state index in [1.165, 1.54) is 0 Å². The smallest absolute Gasteiger partial charge is 0.228 e. The predicted molar refractivity (Wildman–Crippen MR) is 142 cm³/mol. The third-order valence-corrected chi connectivity index (χ3v) is 4.87. The van der Waals surface area contributed by atoms with Gasteiger partial charge in [-0.25, -0.2) is 19.9 Å². The van der Waals surface area contributed by atoms with Gasteiger partial charge in [0.05, 0.1) is 16.9 Å². The highest BCUT2D eigenvalue weighted by Gasteiger charge is 2.12. The monoisotopic (exact) mass is 469 g/mol. The molecule has 0 aliphatic carbocycles. The third kappa shape index (κ3) is 7.26. The minimum absolute atomic E-state index is 0.178. The third-order valence-electron chi connectivity index (χ3n) is 4.87. The van der Waals surface area contributed by atoms with Crippen molar-refractivity contribution in [3.63, 3.8) is 0 Å². The Morgan fingerprint density at radius 2 is 1.89 bits per heavy atom. The first-order chi connectivity index (χ1) is 16.9. The van der Waals surface area contributed by atoms with Crippen molar-refractivity contribution in [2.24, 2.45) is 10.9 Å². The Labute approximate surface area is 206 Å². The fraction of sp³-hybridized carbons (Fsp3) is 0.185. The number of benzene rings is 1. The van der Waals surface area contributed by atoms with Crippen LogP contribution in [0.1, 0.15) is 20.8 Å². The number of nitrogens with two attached hydrogens (primary N) is 1. The summed E-state index contributed by atoms with van der Waals surface area (Å²) >= 11 is 0. The number of hydrazine groups is 1. The molecule has 0 saturated carbocycles. The van der Waals surface area contributed by atoms with E-state index in [2.05, 4.69) is 40.8 Å². The number of nitrogens with zero attached hydrogens (tertiary/aromatic N) is 5. The maximum absolute atomic E-state index is 6.04. The number of hydrogen-bond donors (Lipinski definition) is 2. The van der Waals surface area contributed by atoms with Crippen LogP contribution in [0.15, 0.2) is 96.4 Å². The van der Waals surface area contributed by atoms with Crippen molar-refractivity contribution in [3.8, 4) is 22.9 Å². The van der Waals surface area contributed by atoms with Crippen LogP contribution in [0.2, 0.25) is 0 Å². The molecule has 8 heteroatoms. The van der Waals surface area contributed by atoms with Crippen LogP contribution in [-0.2, 0) is 0 Å². The van der Waals surface area contributed by atoms with Gasteiger partial charge in [-0.1, -0.05) is 38.7 Å². The summed E-state index contributed by atoms with van der Waals surface area (Å²) in [5.74, 6) is 2.24. The molecule has 8 nitrogen and oxygen atoms in total. The van der Waals surface area contributed by atoms with Crippen LogP contribution in [-0.4, -0.2) is 32.8 Å². The van der Waals surface area contributed by atoms with Crippen molar-refractivity contribution < 1.29 is 4.74 Å². The molecule has 0 aliphatic heterocycles. The minimum atomic E-state index is 0.178. The summed E-state index contributed by atoms with van der Waals surface area (Å²) < 4.78 is 6.04. The molecular weight excluding hydrogens is 438 g/mol. The average molecular weight is 470 g/mol. The van der Waals surface area contributed by atoms with Crippen LogP contribution in [0, 0.1) is 5.92 Å². The van der Waals surface area contributed by atoms with Gasteiger partial charge in [0.15, 0.2) is 0 Å². The van der Waals surface area contributed by atoms with Gasteiger partial charge >= 0.3 is 0 Å². The molecule has 0 fully saturated rings. The van der Waals surface area contributed by atoms with Crippen molar-refractivity contribution in [3.05, 3.63) is 91.4 Å². The second kappa shape index (κ2) is 12.1. The number of allylic oxidation sites excluding steroid dienone is 4.